The number of sulfonamides is 1. The summed E-state index contributed by atoms with van der Waals surface area (Å²) in [7, 11) is -0.440. The Bertz CT molecular complexity index is 1360. The topological polar surface area (TPSA) is 98.8 Å². The molecule has 9 heteroatoms. The number of rotatable bonds is 9. The number of fused-ring (bicyclic) bond motifs is 2. The van der Waals surface area contributed by atoms with Crippen LogP contribution in [0.4, 0.5) is 5.82 Å². The second kappa shape index (κ2) is 10.8. The van der Waals surface area contributed by atoms with Gasteiger partial charge in [-0.3, -0.25) is 0 Å². The van der Waals surface area contributed by atoms with Gasteiger partial charge in [-0.25, -0.2) is 18.1 Å². The van der Waals surface area contributed by atoms with Crippen molar-refractivity contribution in [2.24, 2.45) is 0 Å². The summed E-state index contributed by atoms with van der Waals surface area (Å²) in [4.78, 5) is 4.94. The van der Waals surface area contributed by atoms with E-state index < -0.39 is 15.6 Å². The van der Waals surface area contributed by atoms with E-state index in [0.717, 1.165) is 67.2 Å². The number of aromatic nitrogens is 1. The average molecular weight is 526 g/mol. The maximum absolute atomic E-state index is 13.4. The summed E-state index contributed by atoms with van der Waals surface area (Å²) in [5.41, 5.74) is 1.37. The molecule has 1 saturated carbocycles. The Morgan fingerprint density at radius 2 is 1.86 bits per heavy atom. The first-order valence-electron chi connectivity index (χ1n) is 12.9. The van der Waals surface area contributed by atoms with E-state index in [1.165, 1.54) is 0 Å². The van der Waals surface area contributed by atoms with Gasteiger partial charge in [-0.1, -0.05) is 25.3 Å². The molecule has 2 aliphatic rings. The van der Waals surface area contributed by atoms with Gasteiger partial charge >= 0.3 is 0 Å². The van der Waals surface area contributed by atoms with Gasteiger partial charge in [0.2, 0.25) is 10.0 Å². The predicted molar refractivity (Wildman–Crippen MR) is 144 cm³/mol. The molecule has 8 nitrogen and oxygen atoms in total. The largest absolute Gasteiger partial charge is 0.493 e. The van der Waals surface area contributed by atoms with Crippen molar-refractivity contribution < 1.29 is 22.6 Å². The van der Waals surface area contributed by atoms with Crippen molar-refractivity contribution in [3.8, 4) is 11.5 Å². The Hall–Kier alpha value is -2.88. The Balaban J connectivity index is 1.27. The first-order chi connectivity index (χ1) is 17.9. The Morgan fingerprint density at radius 3 is 2.70 bits per heavy atom. The van der Waals surface area contributed by atoms with E-state index >= 15 is 0 Å². The molecule has 3 aromatic rings. The van der Waals surface area contributed by atoms with Crippen molar-refractivity contribution in [3.63, 3.8) is 0 Å². The SMILES string of the molecule is COc1ccc(CCNc2ccc3cc(S(=O)(=O)NC45CCCCCC4OCC5)ccc3n2)cc1OC. The van der Waals surface area contributed by atoms with Gasteiger partial charge in [0.15, 0.2) is 11.5 Å². The second-order valence-corrected chi connectivity index (χ2v) is 11.6. The predicted octanol–water partition coefficient (Wildman–Crippen LogP) is 4.68. The van der Waals surface area contributed by atoms with Gasteiger partial charge < -0.3 is 19.5 Å². The molecule has 1 aliphatic carbocycles. The lowest BCUT2D eigenvalue weighted by atomic mass is 9.88. The number of methoxy groups -OCH3 is 2. The molecule has 0 amide bonds. The standard InChI is InChI=1S/C28H35N3O5S/c1-34-24-11-7-20(18-25(24)35-2)13-16-29-27-12-8-21-19-22(9-10-23(21)30-27)37(32,33)31-28-14-5-3-4-6-26(28)36-17-15-28/h7-12,18-19,26,31H,3-6,13-17H2,1-2H3,(H,29,30). The third-order valence-electron chi connectivity index (χ3n) is 7.55. The van der Waals surface area contributed by atoms with Crippen LogP contribution in [0, 0.1) is 0 Å². The quantitative estimate of drug-likeness (QED) is 0.419. The second-order valence-electron chi connectivity index (χ2n) is 9.89. The Kier molecular flexibility index (Phi) is 7.55. The van der Waals surface area contributed by atoms with Crippen LogP contribution in [-0.4, -0.2) is 52.4 Å². The summed E-state index contributed by atoms with van der Waals surface area (Å²) in [6.45, 7) is 1.30. The zero-order valence-electron chi connectivity index (χ0n) is 21.5. The van der Waals surface area contributed by atoms with Crippen LogP contribution in [0.3, 0.4) is 0 Å². The molecule has 2 aromatic carbocycles. The minimum atomic E-state index is -3.69. The molecule has 2 N–H and O–H groups in total. The molecule has 5 rings (SSSR count). The minimum Gasteiger partial charge on any atom is -0.493 e. The lowest BCUT2D eigenvalue weighted by molar-refractivity contribution is 0.0701. The van der Waals surface area contributed by atoms with Gasteiger partial charge in [0.05, 0.1) is 36.3 Å². The zero-order valence-corrected chi connectivity index (χ0v) is 22.3. The molecule has 37 heavy (non-hydrogen) atoms. The lowest BCUT2D eigenvalue weighted by Gasteiger charge is -2.33. The normalized spacial score (nSPS) is 21.8. The summed E-state index contributed by atoms with van der Waals surface area (Å²) >= 11 is 0. The minimum absolute atomic E-state index is 0.0421. The van der Waals surface area contributed by atoms with Gasteiger partial charge in [0.1, 0.15) is 5.82 Å². The van der Waals surface area contributed by atoms with Crippen molar-refractivity contribution in [1.82, 2.24) is 9.71 Å². The average Bonchev–Trinajstić information content (AvgIpc) is 3.18. The molecule has 2 unspecified atom stereocenters. The number of nitrogens with zero attached hydrogens (tertiary/aromatic N) is 1. The van der Waals surface area contributed by atoms with Crippen molar-refractivity contribution in [2.75, 3.05) is 32.7 Å². The maximum atomic E-state index is 13.4. The number of nitrogens with one attached hydrogen (secondary N) is 2. The molecule has 2 heterocycles. The van der Waals surface area contributed by atoms with Gasteiger partial charge in [0.25, 0.3) is 0 Å². The zero-order chi connectivity index (χ0) is 25.9. The molecule has 0 spiro atoms. The van der Waals surface area contributed by atoms with Crippen LogP contribution in [0.15, 0.2) is 53.4 Å². The number of ether oxygens (including phenoxy) is 3. The fourth-order valence-corrected chi connectivity index (χ4v) is 7.05. The molecule has 0 radical (unpaired) electrons. The summed E-state index contributed by atoms with van der Waals surface area (Å²) in [6, 6.07) is 14.8. The van der Waals surface area contributed by atoms with Gasteiger partial charge in [0, 0.05) is 18.5 Å². The van der Waals surface area contributed by atoms with E-state index in [1.807, 2.05) is 30.3 Å². The monoisotopic (exact) mass is 525 g/mol. The number of anilines is 1. The van der Waals surface area contributed by atoms with Gasteiger partial charge in [-0.15, -0.1) is 0 Å². The van der Waals surface area contributed by atoms with Crippen LogP contribution in [0.2, 0.25) is 0 Å². The third-order valence-corrected chi connectivity index (χ3v) is 9.10. The fourth-order valence-electron chi connectivity index (χ4n) is 5.53. The van der Waals surface area contributed by atoms with Crippen LogP contribution in [-0.2, 0) is 21.2 Å². The van der Waals surface area contributed by atoms with Crippen molar-refractivity contribution in [3.05, 3.63) is 54.1 Å². The molecule has 0 bridgehead atoms. The van der Waals surface area contributed by atoms with Crippen LogP contribution >= 0.6 is 0 Å². The van der Waals surface area contributed by atoms with E-state index in [9.17, 15) is 8.42 Å². The Labute approximate surface area is 218 Å². The van der Waals surface area contributed by atoms with Crippen LogP contribution in [0.25, 0.3) is 10.9 Å². The number of pyridine rings is 1. The lowest BCUT2D eigenvalue weighted by Crippen LogP contribution is -2.53. The molecule has 198 valence electrons. The third kappa shape index (κ3) is 5.54. The molecule has 2 atom stereocenters. The summed E-state index contributed by atoms with van der Waals surface area (Å²) < 4.78 is 46.5. The van der Waals surface area contributed by atoms with Crippen LogP contribution in [0.1, 0.15) is 44.1 Å². The van der Waals surface area contributed by atoms with Crippen molar-refractivity contribution in [1.29, 1.82) is 0 Å². The van der Waals surface area contributed by atoms with Gasteiger partial charge in [-0.2, -0.15) is 0 Å². The van der Waals surface area contributed by atoms with Crippen LogP contribution < -0.4 is 19.5 Å². The maximum Gasteiger partial charge on any atom is 0.241 e. The molecular weight excluding hydrogens is 490 g/mol. The first-order valence-corrected chi connectivity index (χ1v) is 14.4. The molecule has 1 aliphatic heterocycles. The van der Waals surface area contributed by atoms with Crippen molar-refractivity contribution >= 4 is 26.7 Å². The molecule has 2 fully saturated rings. The van der Waals surface area contributed by atoms with E-state index in [1.54, 1.807) is 32.4 Å². The summed E-state index contributed by atoms with van der Waals surface area (Å²) in [6.07, 6.45) is 6.43. The first kappa shape index (κ1) is 25.8. The Morgan fingerprint density at radius 1 is 1.00 bits per heavy atom. The van der Waals surface area contributed by atoms with E-state index in [0.29, 0.717) is 24.7 Å². The number of hydrogen-bond donors (Lipinski definition) is 2. The number of hydrogen-bond acceptors (Lipinski definition) is 7. The van der Waals surface area contributed by atoms with E-state index in [2.05, 4.69) is 15.0 Å². The molecule has 1 saturated heterocycles. The number of benzene rings is 2. The summed E-state index contributed by atoms with van der Waals surface area (Å²) in [5, 5.41) is 4.14. The highest BCUT2D eigenvalue weighted by atomic mass is 32.2. The van der Waals surface area contributed by atoms with Crippen LogP contribution in [0.5, 0.6) is 11.5 Å². The van der Waals surface area contributed by atoms with Crippen molar-refractivity contribution in [2.45, 2.75) is 61.5 Å². The molecule has 1 aromatic heterocycles. The highest BCUT2D eigenvalue weighted by Crippen LogP contribution is 2.38. The highest BCUT2D eigenvalue weighted by Gasteiger charge is 2.47. The van der Waals surface area contributed by atoms with Gasteiger partial charge in [-0.05, 0) is 73.7 Å². The fraction of sp³-hybridized carbons (Fsp3) is 0.464. The smallest absolute Gasteiger partial charge is 0.241 e. The summed E-state index contributed by atoms with van der Waals surface area (Å²) in [5.74, 6) is 2.15. The molecular formula is C28H35N3O5S. The van der Waals surface area contributed by atoms with E-state index in [4.69, 9.17) is 14.2 Å². The van der Waals surface area contributed by atoms with E-state index in [-0.39, 0.29) is 11.0 Å². The highest BCUT2D eigenvalue weighted by molar-refractivity contribution is 7.89.